The fraction of sp³-hybridized carbons (Fsp3) is 0.438. The number of sulfonamides is 1. The van der Waals surface area contributed by atoms with E-state index < -0.39 is 22.6 Å². The Bertz CT molecular complexity index is 719. The first-order valence-electron chi connectivity index (χ1n) is 7.57. The van der Waals surface area contributed by atoms with Crippen molar-refractivity contribution in [1.29, 1.82) is 0 Å². The average Bonchev–Trinajstić information content (AvgIpc) is 2.51. The monoisotopic (exact) mass is 337 g/mol. The summed E-state index contributed by atoms with van der Waals surface area (Å²) in [7, 11) is -3.57. The Morgan fingerprint density at radius 2 is 1.91 bits per heavy atom. The lowest BCUT2D eigenvalue weighted by molar-refractivity contribution is -0.139. The van der Waals surface area contributed by atoms with Gasteiger partial charge in [-0.25, -0.2) is 13.2 Å². The number of carboxylic acids is 1. The molecule has 1 aromatic carbocycles. The molecule has 1 aliphatic heterocycles. The van der Waals surface area contributed by atoms with Gasteiger partial charge >= 0.3 is 5.97 Å². The molecule has 1 spiro atoms. The van der Waals surface area contributed by atoms with Gasteiger partial charge in [0.1, 0.15) is 5.75 Å². The maximum atomic E-state index is 12.9. The molecule has 0 unspecified atom stereocenters. The van der Waals surface area contributed by atoms with Crippen molar-refractivity contribution in [1.82, 2.24) is 4.31 Å². The van der Waals surface area contributed by atoms with E-state index in [1.54, 1.807) is 4.31 Å². The fourth-order valence-corrected chi connectivity index (χ4v) is 4.92. The third-order valence-corrected chi connectivity index (χ3v) is 6.51. The van der Waals surface area contributed by atoms with Crippen molar-refractivity contribution in [3.05, 3.63) is 36.4 Å². The molecular formula is C16H19NO5S. The molecule has 1 aliphatic carbocycles. The summed E-state index contributed by atoms with van der Waals surface area (Å²) in [5.41, 5.74) is -0.258. The van der Waals surface area contributed by atoms with E-state index in [4.69, 9.17) is 9.84 Å². The zero-order valence-electron chi connectivity index (χ0n) is 12.6. The Kier molecular flexibility index (Phi) is 4.16. The van der Waals surface area contributed by atoms with Crippen LogP contribution in [0.25, 0.3) is 0 Å². The molecule has 1 fully saturated rings. The maximum Gasteiger partial charge on any atom is 0.341 e. The van der Waals surface area contributed by atoms with Gasteiger partial charge < -0.3 is 9.84 Å². The lowest BCUT2D eigenvalue weighted by Crippen LogP contribution is -2.57. The van der Waals surface area contributed by atoms with Crippen molar-refractivity contribution < 1.29 is 23.1 Å². The Balaban J connectivity index is 1.82. The number of nitrogens with zero attached hydrogens (tertiary/aromatic N) is 1. The minimum absolute atomic E-state index is 0.210. The lowest BCUT2D eigenvalue weighted by atomic mass is 9.73. The number of hydrogen-bond donors (Lipinski definition) is 1. The van der Waals surface area contributed by atoms with Crippen molar-refractivity contribution in [2.45, 2.75) is 36.1 Å². The molecular weight excluding hydrogens is 318 g/mol. The number of carbonyl (C=O) groups is 1. The Morgan fingerprint density at radius 1 is 1.22 bits per heavy atom. The van der Waals surface area contributed by atoms with Crippen LogP contribution in [-0.4, -0.2) is 42.5 Å². The van der Waals surface area contributed by atoms with Gasteiger partial charge in [0, 0.05) is 12.1 Å². The molecule has 1 N–H and O–H groups in total. The van der Waals surface area contributed by atoms with Crippen molar-refractivity contribution in [3.8, 4) is 5.75 Å². The largest absolute Gasteiger partial charge is 0.482 e. The number of carboxylic acid groups (broad SMARTS) is 1. The van der Waals surface area contributed by atoms with Crippen LogP contribution in [0.3, 0.4) is 0 Å². The van der Waals surface area contributed by atoms with Crippen LogP contribution in [-0.2, 0) is 14.8 Å². The van der Waals surface area contributed by atoms with Crippen LogP contribution in [0.1, 0.15) is 25.7 Å². The molecule has 6 nitrogen and oxygen atoms in total. The van der Waals surface area contributed by atoms with Crippen molar-refractivity contribution in [3.63, 3.8) is 0 Å². The summed E-state index contributed by atoms with van der Waals surface area (Å²) in [6.45, 7) is -0.0499. The first-order valence-corrected chi connectivity index (χ1v) is 9.01. The first-order chi connectivity index (χ1) is 10.9. The van der Waals surface area contributed by atoms with Crippen LogP contribution in [0.15, 0.2) is 41.3 Å². The van der Waals surface area contributed by atoms with Gasteiger partial charge in [0.05, 0.1) is 4.90 Å². The molecule has 0 radical (unpaired) electrons. The number of ether oxygens (including phenoxy) is 1. The fourth-order valence-electron chi connectivity index (χ4n) is 3.14. The van der Waals surface area contributed by atoms with E-state index in [1.807, 2.05) is 6.08 Å². The smallest absolute Gasteiger partial charge is 0.341 e. The van der Waals surface area contributed by atoms with Gasteiger partial charge in [0.15, 0.2) is 6.61 Å². The van der Waals surface area contributed by atoms with Crippen molar-refractivity contribution in [2.24, 2.45) is 0 Å². The van der Waals surface area contributed by atoms with Gasteiger partial charge in [-0.3, -0.25) is 0 Å². The molecule has 0 atom stereocenters. The van der Waals surface area contributed by atoms with Crippen molar-refractivity contribution in [2.75, 3.05) is 13.2 Å². The quantitative estimate of drug-likeness (QED) is 0.831. The molecule has 7 heteroatoms. The molecule has 3 rings (SSSR count). The highest BCUT2D eigenvalue weighted by Gasteiger charge is 2.48. The zero-order chi connectivity index (χ0) is 16.5. The molecule has 124 valence electrons. The molecule has 23 heavy (non-hydrogen) atoms. The van der Waals surface area contributed by atoms with E-state index in [-0.39, 0.29) is 10.4 Å². The van der Waals surface area contributed by atoms with Crippen LogP contribution in [0.2, 0.25) is 0 Å². The summed E-state index contributed by atoms with van der Waals surface area (Å²) in [5.74, 6) is -0.739. The highest BCUT2D eigenvalue weighted by molar-refractivity contribution is 7.89. The van der Waals surface area contributed by atoms with Gasteiger partial charge in [0.2, 0.25) is 10.0 Å². The van der Waals surface area contributed by atoms with Gasteiger partial charge in [-0.15, -0.1) is 0 Å². The summed E-state index contributed by atoms with van der Waals surface area (Å²) in [5, 5.41) is 8.59. The van der Waals surface area contributed by atoms with E-state index >= 15 is 0 Å². The summed E-state index contributed by atoms with van der Waals surface area (Å²) in [4.78, 5) is 10.7. The minimum atomic E-state index is -3.57. The van der Waals surface area contributed by atoms with E-state index in [9.17, 15) is 13.2 Å². The predicted octanol–water partition coefficient (Wildman–Crippen LogP) is 2.02. The highest BCUT2D eigenvalue weighted by Crippen LogP contribution is 2.45. The standard InChI is InChI=1S/C16H19NO5S/c18-15(19)12-22-13-4-6-14(7-5-13)23(20,21)17-11-2-1-8-16(17)9-3-10-16/h1-2,4-7H,3,8-12H2,(H,18,19). The third kappa shape index (κ3) is 2.98. The van der Waals surface area contributed by atoms with E-state index in [2.05, 4.69) is 6.08 Å². The Hall–Kier alpha value is -1.86. The van der Waals surface area contributed by atoms with E-state index in [0.717, 1.165) is 25.7 Å². The molecule has 1 aromatic rings. The van der Waals surface area contributed by atoms with Crippen molar-refractivity contribution >= 4 is 16.0 Å². The van der Waals surface area contributed by atoms with Crippen LogP contribution in [0, 0.1) is 0 Å². The summed E-state index contributed by atoms with van der Waals surface area (Å²) < 4.78 is 32.5. The Labute approximate surface area is 135 Å². The van der Waals surface area contributed by atoms with E-state index in [0.29, 0.717) is 12.3 Å². The zero-order valence-corrected chi connectivity index (χ0v) is 13.5. The highest BCUT2D eigenvalue weighted by atomic mass is 32.2. The number of aliphatic carboxylic acids is 1. The normalized spacial score (nSPS) is 20.2. The lowest BCUT2D eigenvalue weighted by Gasteiger charge is -2.50. The molecule has 0 amide bonds. The molecule has 2 aliphatic rings. The predicted molar refractivity (Wildman–Crippen MR) is 83.8 cm³/mol. The second-order valence-corrected chi connectivity index (χ2v) is 7.81. The molecule has 0 bridgehead atoms. The second kappa shape index (κ2) is 5.98. The second-order valence-electron chi connectivity index (χ2n) is 5.94. The molecule has 0 aromatic heterocycles. The van der Waals surface area contributed by atoms with E-state index in [1.165, 1.54) is 24.3 Å². The minimum Gasteiger partial charge on any atom is -0.482 e. The van der Waals surface area contributed by atoms with Crippen LogP contribution in [0.4, 0.5) is 0 Å². The van der Waals surface area contributed by atoms with Crippen LogP contribution < -0.4 is 4.74 Å². The maximum absolute atomic E-state index is 12.9. The van der Waals surface area contributed by atoms with Gasteiger partial charge in [-0.2, -0.15) is 4.31 Å². The summed E-state index contributed by atoms with van der Waals surface area (Å²) in [6.07, 6.45) is 7.58. The first kappa shape index (κ1) is 16.0. The SMILES string of the molecule is O=C(O)COc1ccc(S(=O)(=O)N2CC=CCC23CCC3)cc1. The molecule has 1 heterocycles. The van der Waals surface area contributed by atoms with Crippen LogP contribution in [0.5, 0.6) is 5.75 Å². The van der Waals surface area contributed by atoms with Gasteiger partial charge in [-0.05, 0) is 49.9 Å². The molecule has 0 saturated heterocycles. The van der Waals surface area contributed by atoms with Gasteiger partial charge in [0.25, 0.3) is 0 Å². The summed E-state index contributed by atoms with van der Waals surface area (Å²) in [6, 6.07) is 5.92. The summed E-state index contributed by atoms with van der Waals surface area (Å²) >= 11 is 0. The third-order valence-electron chi connectivity index (χ3n) is 4.52. The molecule has 1 saturated carbocycles. The van der Waals surface area contributed by atoms with Crippen LogP contribution >= 0.6 is 0 Å². The Morgan fingerprint density at radius 3 is 2.48 bits per heavy atom. The number of rotatable bonds is 5. The number of benzene rings is 1. The average molecular weight is 337 g/mol. The number of hydrogen-bond acceptors (Lipinski definition) is 4. The van der Waals surface area contributed by atoms with Gasteiger partial charge in [-0.1, -0.05) is 12.2 Å². The topological polar surface area (TPSA) is 83.9 Å².